The second-order valence-corrected chi connectivity index (χ2v) is 3.18. The molecule has 0 aliphatic heterocycles. The van der Waals surface area contributed by atoms with Crippen molar-refractivity contribution >= 4 is 6.08 Å². The summed E-state index contributed by atoms with van der Waals surface area (Å²) in [6, 6.07) is 3.89. The zero-order valence-electron chi connectivity index (χ0n) is 10.3. The topological polar surface area (TPSA) is 12.9 Å². The van der Waals surface area contributed by atoms with Crippen molar-refractivity contribution < 1.29 is 4.39 Å². The molecule has 88 valence electrons. The van der Waals surface area contributed by atoms with Gasteiger partial charge in [-0.25, -0.2) is 4.39 Å². The Kier molecular flexibility index (Phi) is 7.10. The zero-order chi connectivity index (χ0) is 12.6. The molecule has 0 fully saturated rings. The number of nitrogens with zero attached hydrogens (tertiary/aromatic N) is 1. The molecule has 1 unspecified atom stereocenters. The van der Waals surface area contributed by atoms with Crippen molar-refractivity contribution in [2.75, 3.05) is 0 Å². The third kappa shape index (κ3) is 3.61. The summed E-state index contributed by atoms with van der Waals surface area (Å²) in [5, 5.41) is 0. The van der Waals surface area contributed by atoms with Crippen LogP contribution >= 0.6 is 0 Å². The molecule has 2 heteroatoms. The molecule has 0 amide bonds. The van der Waals surface area contributed by atoms with E-state index in [4.69, 9.17) is 0 Å². The number of fused-ring (bicyclic) bond motifs is 1. The molecular formula is C14H20FN. The minimum atomic E-state index is -0.0544. The van der Waals surface area contributed by atoms with E-state index >= 15 is 0 Å². The molecule has 0 bridgehead atoms. The van der Waals surface area contributed by atoms with Crippen molar-refractivity contribution in [1.29, 1.82) is 0 Å². The van der Waals surface area contributed by atoms with Crippen LogP contribution in [0, 0.1) is 5.92 Å². The maximum atomic E-state index is 13.1. The van der Waals surface area contributed by atoms with E-state index in [9.17, 15) is 4.39 Å². The summed E-state index contributed by atoms with van der Waals surface area (Å²) in [6.45, 7) is 11.9. The summed E-state index contributed by atoms with van der Waals surface area (Å²) < 4.78 is 13.1. The molecule has 16 heavy (non-hydrogen) atoms. The van der Waals surface area contributed by atoms with Crippen molar-refractivity contribution in [2.45, 2.75) is 27.2 Å². The smallest absolute Gasteiger partial charge is 0.105 e. The predicted molar refractivity (Wildman–Crippen MR) is 68.8 cm³/mol. The maximum Gasteiger partial charge on any atom is 0.105 e. The fourth-order valence-electron chi connectivity index (χ4n) is 1.45. The highest BCUT2D eigenvalue weighted by Crippen LogP contribution is 2.27. The maximum absolute atomic E-state index is 13.1. The van der Waals surface area contributed by atoms with E-state index in [1.54, 1.807) is 6.20 Å². The van der Waals surface area contributed by atoms with E-state index in [0.717, 1.165) is 17.7 Å². The molecule has 1 aromatic rings. The molecule has 1 nitrogen and oxygen atoms in total. The standard InChI is InChI=1S/C10H10FN.C2H6.C2H4/c1-7-5-8-3-2-4-12-10(8)6-9(7)11;2*1-2/h2-4,6-7H,5H2,1H3;1-2H3;1-2H2. The summed E-state index contributed by atoms with van der Waals surface area (Å²) in [5.74, 6) is -0.0390. The Bertz CT molecular complexity index is 344. The summed E-state index contributed by atoms with van der Waals surface area (Å²) in [6.07, 6.45) is 3.99. The van der Waals surface area contributed by atoms with Crippen LogP contribution in [0.15, 0.2) is 37.3 Å². The third-order valence-corrected chi connectivity index (χ3v) is 2.20. The molecule has 0 aromatic carbocycles. The Balaban J connectivity index is 0.000000509. The first kappa shape index (κ1) is 14.6. The first-order chi connectivity index (χ1) is 7.77. The zero-order valence-corrected chi connectivity index (χ0v) is 10.3. The second-order valence-electron chi connectivity index (χ2n) is 3.18. The first-order valence-corrected chi connectivity index (χ1v) is 5.58. The molecule has 1 heterocycles. The van der Waals surface area contributed by atoms with Gasteiger partial charge in [-0.15, -0.1) is 13.2 Å². The molecule has 1 aliphatic carbocycles. The Morgan fingerprint density at radius 1 is 1.38 bits per heavy atom. The number of hydrogen-bond donors (Lipinski definition) is 0. The van der Waals surface area contributed by atoms with Gasteiger partial charge in [0.15, 0.2) is 0 Å². The first-order valence-electron chi connectivity index (χ1n) is 5.58. The molecule has 0 saturated heterocycles. The van der Waals surface area contributed by atoms with Gasteiger partial charge in [0.25, 0.3) is 0 Å². The van der Waals surface area contributed by atoms with Crippen LogP contribution in [0.25, 0.3) is 6.08 Å². The Morgan fingerprint density at radius 3 is 2.62 bits per heavy atom. The molecule has 0 radical (unpaired) electrons. The summed E-state index contributed by atoms with van der Waals surface area (Å²) in [7, 11) is 0. The highest BCUT2D eigenvalue weighted by atomic mass is 19.1. The van der Waals surface area contributed by atoms with Crippen molar-refractivity contribution in [2.24, 2.45) is 5.92 Å². The van der Waals surface area contributed by atoms with Gasteiger partial charge in [-0.1, -0.05) is 26.8 Å². The minimum absolute atomic E-state index is 0.0155. The van der Waals surface area contributed by atoms with Crippen LogP contribution in [-0.4, -0.2) is 4.98 Å². The molecule has 1 atom stereocenters. The van der Waals surface area contributed by atoms with Gasteiger partial charge in [-0.3, -0.25) is 4.98 Å². The van der Waals surface area contributed by atoms with Crippen molar-refractivity contribution in [3.8, 4) is 0 Å². The van der Waals surface area contributed by atoms with Crippen LogP contribution in [0.4, 0.5) is 4.39 Å². The van der Waals surface area contributed by atoms with Crippen molar-refractivity contribution in [3.05, 3.63) is 48.6 Å². The highest BCUT2D eigenvalue weighted by Gasteiger charge is 2.17. The lowest BCUT2D eigenvalue weighted by Gasteiger charge is -2.16. The average Bonchev–Trinajstić information content (AvgIpc) is 2.36. The Morgan fingerprint density at radius 2 is 2.00 bits per heavy atom. The van der Waals surface area contributed by atoms with E-state index in [1.807, 2.05) is 32.9 Å². The van der Waals surface area contributed by atoms with E-state index in [0.29, 0.717) is 0 Å². The number of hydrogen-bond acceptors (Lipinski definition) is 1. The lowest BCUT2D eigenvalue weighted by atomic mass is 9.93. The lowest BCUT2D eigenvalue weighted by Crippen LogP contribution is -2.08. The number of pyridine rings is 1. The van der Waals surface area contributed by atoms with Gasteiger partial charge in [0, 0.05) is 12.1 Å². The van der Waals surface area contributed by atoms with Crippen LogP contribution < -0.4 is 0 Å². The van der Waals surface area contributed by atoms with Gasteiger partial charge in [-0.2, -0.15) is 0 Å². The summed E-state index contributed by atoms with van der Waals surface area (Å²) >= 11 is 0. The lowest BCUT2D eigenvalue weighted by molar-refractivity contribution is 0.490. The van der Waals surface area contributed by atoms with Gasteiger partial charge in [0.1, 0.15) is 5.83 Å². The molecule has 1 aromatic heterocycles. The number of allylic oxidation sites excluding steroid dienone is 1. The van der Waals surface area contributed by atoms with Gasteiger partial charge >= 0.3 is 0 Å². The summed E-state index contributed by atoms with van der Waals surface area (Å²) in [5.41, 5.74) is 1.93. The number of aromatic nitrogens is 1. The Labute approximate surface area is 97.7 Å². The van der Waals surface area contributed by atoms with Gasteiger partial charge in [0.05, 0.1) is 5.69 Å². The van der Waals surface area contributed by atoms with Crippen LogP contribution in [0.1, 0.15) is 32.0 Å². The molecule has 0 saturated carbocycles. The van der Waals surface area contributed by atoms with E-state index < -0.39 is 0 Å². The van der Waals surface area contributed by atoms with Gasteiger partial charge in [0.2, 0.25) is 0 Å². The van der Waals surface area contributed by atoms with Gasteiger partial charge in [-0.05, 0) is 24.1 Å². The second kappa shape index (κ2) is 7.80. The van der Waals surface area contributed by atoms with Crippen LogP contribution in [0.2, 0.25) is 0 Å². The molecule has 0 N–H and O–H groups in total. The largest absolute Gasteiger partial charge is 0.257 e. The molecule has 0 spiro atoms. The highest BCUT2D eigenvalue weighted by molar-refractivity contribution is 5.54. The van der Waals surface area contributed by atoms with E-state index in [-0.39, 0.29) is 11.7 Å². The minimum Gasteiger partial charge on any atom is -0.257 e. The van der Waals surface area contributed by atoms with Crippen LogP contribution in [0.3, 0.4) is 0 Å². The SMILES string of the molecule is C=C.CC.CC1Cc2cccnc2C=C1F. The van der Waals surface area contributed by atoms with Crippen LogP contribution in [-0.2, 0) is 6.42 Å². The fourth-order valence-corrected chi connectivity index (χ4v) is 1.45. The van der Waals surface area contributed by atoms with E-state index in [1.165, 1.54) is 6.08 Å². The third-order valence-electron chi connectivity index (χ3n) is 2.20. The summed E-state index contributed by atoms with van der Waals surface area (Å²) in [4.78, 5) is 4.09. The predicted octanol–water partition coefficient (Wildman–Crippen LogP) is 4.41. The molecular weight excluding hydrogens is 201 g/mol. The monoisotopic (exact) mass is 221 g/mol. The van der Waals surface area contributed by atoms with E-state index in [2.05, 4.69) is 18.1 Å². The fraction of sp³-hybridized carbons (Fsp3) is 0.357. The number of halogens is 1. The molecule has 1 aliphatic rings. The van der Waals surface area contributed by atoms with Crippen molar-refractivity contribution in [3.63, 3.8) is 0 Å². The average molecular weight is 221 g/mol. The van der Waals surface area contributed by atoms with Crippen LogP contribution in [0.5, 0.6) is 0 Å². The normalized spacial score (nSPS) is 16.8. The van der Waals surface area contributed by atoms with Crippen molar-refractivity contribution in [1.82, 2.24) is 4.98 Å². The van der Waals surface area contributed by atoms with Gasteiger partial charge < -0.3 is 0 Å². The number of rotatable bonds is 0. The molecule has 2 rings (SSSR count). The quantitative estimate of drug-likeness (QED) is 0.591. The Hall–Kier alpha value is -1.44.